The zero-order chi connectivity index (χ0) is 12.1. The van der Waals surface area contributed by atoms with Crippen molar-refractivity contribution in [2.45, 2.75) is 6.92 Å². The number of aromatic nitrogens is 1. The molecular formula is C12H11NO3S. The van der Waals surface area contributed by atoms with Crippen molar-refractivity contribution in [2.24, 2.45) is 0 Å². The van der Waals surface area contributed by atoms with Crippen LogP contribution in [-0.2, 0) is 4.74 Å². The second kappa shape index (κ2) is 5.45. The minimum Gasteiger partial charge on any atom is -0.462 e. The van der Waals surface area contributed by atoms with E-state index in [1.807, 2.05) is 5.38 Å². The second-order valence-corrected chi connectivity index (χ2v) is 4.00. The fourth-order valence-corrected chi connectivity index (χ4v) is 1.74. The predicted octanol–water partition coefficient (Wildman–Crippen LogP) is 3.11. The van der Waals surface area contributed by atoms with Gasteiger partial charge in [-0.1, -0.05) is 11.3 Å². The molecule has 0 aliphatic rings. The van der Waals surface area contributed by atoms with Crippen molar-refractivity contribution in [1.82, 2.24) is 4.98 Å². The van der Waals surface area contributed by atoms with Gasteiger partial charge in [-0.25, -0.2) is 9.78 Å². The number of hydrogen-bond donors (Lipinski definition) is 0. The van der Waals surface area contributed by atoms with E-state index in [9.17, 15) is 4.79 Å². The summed E-state index contributed by atoms with van der Waals surface area (Å²) in [7, 11) is 0. The van der Waals surface area contributed by atoms with Crippen LogP contribution in [0.4, 0.5) is 0 Å². The minimum absolute atomic E-state index is 0.326. The smallest absolute Gasteiger partial charge is 0.338 e. The molecule has 2 rings (SSSR count). The van der Waals surface area contributed by atoms with E-state index in [-0.39, 0.29) is 5.97 Å². The maximum atomic E-state index is 11.4. The third-order valence-electron chi connectivity index (χ3n) is 1.98. The molecule has 0 atom stereocenters. The van der Waals surface area contributed by atoms with Crippen LogP contribution in [0.2, 0.25) is 0 Å². The zero-order valence-corrected chi connectivity index (χ0v) is 10.1. The summed E-state index contributed by atoms with van der Waals surface area (Å²) in [4.78, 5) is 15.4. The fourth-order valence-electron chi connectivity index (χ4n) is 1.24. The quantitative estimate of drug-likeness (QED) is 0.781. The summed E-state index contributed by atoms with van der Waals surface area (Å²) in [5.74, 6) is 0.321. The van der Waals surface area contributed by atoms with Gasteiger partial charge in [0.25, 0.3) is 5.19 Å². The molecular weight excluding hydrogens is 238 g/mol. The molecule has 0 saturated heterocycles. The van der Waals surface area contributed by atoms with E-state index < -0.39 is 0 Å². The van der Waals surface area contributed by atoms with Gasteiger partial charge in [-0.2, -0.15) is 0 Å². The number of carbonyl (C=O) groups excluding carboxylic acids is 1. The molecule has 5 heteroatoms. The van der Waals surface area contributed by atoms with Gasteiger partial charge in [0.15, 0.2) is 0 Å². The molecule has 0 saturated carbocycles. The normalized spacial score (nSPS) is 9.94. The lowest BCUT2D eigenvalue weighted by molar-refractivity contribution is 0.0526. The van der Waals surface area contributed by atoms with Gasteiger partial charge in [0.1, 0.15) is 5.75 Å². The SMILES string of the molecule is CCOC(=O)c1ccc(Oc2nccs2)cc1. The molecule has 2 aromatic rings. The van der Waals surface area contributed by atoms with E-state index in [1.165, 1.54) is 11.3 Å². The van der Waals surface area contributed by atoms with E-state index in [4.69, 9.17) is 9.47 Å². The average molecular weight is 249 g/mol. The van der Waals surface area contributed by atoms with Crippen LogP contribution in [0, 0.1) is 0 Å². The highest BCUT2D eigenvalue weighted by Crippen LogP contribution is 2.23. The van der Waals surface area contributed by atoms with Crippen LogP contribution in [0.1, 0.15) is 17.3 Å². The van der Waals surface area contributed by atoms with Crippen LogP contribution < -0.4 is 4.74 Å². The Morgan fingerprint density at radius 1 is 1.35 bits per heavy atom. The molecule has 0 N–H and O–H groups in total. The Bertz CT molecular complexity index is 479. The first-order chi connectivity index (χ1) is 8.29. The standard InChI is InChI=1S/C12H11NO3S/c1-2-15-11(14)9-3-5-10(6-4-9)16-12-13-7-8-17-12/h3-8H,2H2,1H3. The van der Waals surface area contributed by atoms with Crippen LogP contribution in [0.5, 0.6) is 10.9 Å². The van der Waals surface area contributed by atoms with E-state index >= 15 is 0 Å². The minimum atomic E-state index is -0.326. The molecule has 0 spiro atoms. The summed E-state index contributed by atoms with van der Waals surface area (Å²) in [5.41, 5.74) is 0.512. The Morgan fingerprint density at radius 2 is 2.12 bits per heavy atom. The van der Waals surface area contributed by atoms with Crippen molar-refractivity contribution in [3.63, 3.8) is 0 Å². The van der Waals surface area contributed by atoms with Gasteiger partial charge >= 0.3 is 5.97 Å². The molecule has 0 amide bonds. The van der Waals surface area contributed by atoms with Gasteiger partial charge in [-0.3, -0.25) is 0 Å². The number of benzene rings is 1. The van der Waals surface area contributed by atoms with Crippen molar-refractivity contribution < 1.29 is 14.3 Å². The third kappa shape index (κ3) is 3.04. The Balaban J connectivity index is 2.05. The van der Waals surface area contributed by atoms with Crippen LogP contribution in [-0.4, -0.2) is 17.6 Å². The molecule has 88 valence electrons. The molecule has 0 fully saturated rings. The van der Waals surface area contributed by atoms with Crippen LogP contribution in [0.3, 0.4) is 0 Å². The van der Waals surface area contributed by atoms with Crippen molar-refractivity contribution in [2.75, 3.05) is 6.61 Å². The van der Waals surface area contributed by atoms with Crippen molar-refractivity contribution in [3.8, 4) is 10.9 Å². The summed E-state index contributed by atoms with van der Waals surface area (Å²) < 4.78 is 10.4. The summed E-state index contributed by atoms with van der Waals surface area (Å²) in [6.45, 7) is 2.15. The number of rotatable bonds is 4. The number of hydrogen-bond acceptors (Lipinski definition) is 5. The molecule has 1 aromatic heterocycles. The predicted molar refractivity (Wildman–Crippen MR) is 64.6 cm³/mol. The zero-order valence-electron chi connectivity index (χ0n) is 9.25. The van der Waals surface area contributed by atoms with Gasteiger partial charge in [0.2, 0.25) is 0 Å². The highest BCUT2D eigenvalue weighted by molar-refractivity contribution is 7.11. The molecule has 0 aliphatic heterocycles. The number of thiazole rings is 1. The lowest BCUT2D eigenvalue weighted by atomic mass is 10.2. The van der Waals surface area contributed by atoms with Gasteiger partial charge in [-0.15, -0.1) is 0 Å². The van der Waals surface area contributed by atoms with E-state index in [1.54, 1.807) is 37.4 Å². The fraction of sp³-hybridized carbons (Fsp3) is 0.167. The van der Waals surface area contributed by atoms with Gasteiger partial charge in [0.05, 0.1) is 12.2 Å². The number of esters is 1. The maximum Gasteiger partial charge on any atom is 0.338 e. The first-order valence-corrected chi connectivity index (χ1v) is 6.02. The largest absolute Gasteiger partial charge is 0.462 e. The van der Waals surface area contributed by atoms with Gasteiger partial charge in [0, 0.05) is 11.6 Å². The summed E-state index contributed by atoms with van der Waals surface area (Å²) in [6.07, 6.45) is 1.67. The Labute approximate surface area is 103 Å². The molecule has 0 bridgehead atoms. The van der Waals surface area contributed by atoms with Crippen molar-refractivity contribution in [3.05, 3.63) is 41.4 Å². The lowest BCUT2D eigenvalue weighted by Crippen LogP contribution is -2.03. The molecule has 4 nitrogen and oxygen atoms in total. The maximum absolute atomic E-state index is 11.4. The molecule has 1 aromatic carbocycles. The van der Waals surface area contributed by atoms with E-state index in [0.29, 0.717) is 23.1 Å². The number of nitrogens with zero attached hydrogens (tertiary/aromatic N) is 1. The number of carbonyl (C=O) groups is 1. The highest BCUT2D eigenvalue weighted by Gasteiger charge is 2.06. The molecule has 0 unspecified atom stereocenters. The van der Waals surface area contributed by atoms with Crippen LogP contribution in [0.15, 0.2) is 35.8 Å². The molecule has 0 radical (unpaired) electrons. The van der Waals surface area contributed by atoms with E-state index in [0.717, 1.165) is 0 Å². The summed E-state index contributed by atoms with van der Waals surface area (Å²) >= 11 is 1.41. The Hall–Kier alpha value is -1.88. The Kier molecular flexibility index (Phi) is 3.72. The summed E-state index contributed by atoms with van der Waals surface area (Å²) in [5, 5.41) is 2.41. The lowest BCUT2D eigenvalue weighted by Gasteiger charge is -2.03. The Morgan fingerprint density at radius 3 is 2.71 bits per heavy atom. The first kappa shape index (κ1) is 11.6. The monoisotopic (exact) mass is 249 g/mol. The third-order valence-corrected chi connectivity index (χ3v) is 2.63. The second-order valence-electron chi connectivity index (χ2n) is 3.14. The van der Waals surface area contributed by atoms with Gasteiger partial charge in [-0.05, 0) is 31.2 Å². The average Bonchev–Trinajstić information content (AvgIpc) is 2.83. The molecule has 0 aliphatic carbocycles. The van der Waals surface area contributed by atoms with Gasteiger partial charge < -0.3 is 9.47 Å². The molecule has 17 heavy (non-hydrogen) atoms. The highest BCUT2D eigenvalue weighted by atomic mass is 32.1. The summed E-state index contributed by atoms with van der Waals surface area (Å²) in [6, 6.07) is 6.77. The number of ether oxygens (including phenoxy) is 2. The first-order valence-electron chi connectivity index (χ1n) is 5.14. The van der Waals surface area contributed by atoms with Crippen LogP contribution >= 0.6 is 11.3 Å². The van der Waals surface area contributed by atoms with Crippen LogP contribution in [0.25, 0.3) is 0 Å². The topological polar surface area (TPSA) is 48.4 Å². The molecule has 1 heterocycles. The van der Waals surface area contributed by atoms with Crippen molar-refractivity contribution >= 4 is 17.3 Å². The van der Waals surface area contributed by atoms with Crippen molar-refractivity contribution in [1.29, 1.82) is 0 Å². The van der Waals surface area contributed by atoms with E-state index in [2.05, 4.69) is 4.98 Å².